The van der Waals surface area contributed by atoms with Crippen molar-refractivity contribution in [3.05, 3.63) is 16.4 Å². The van der Waals surface area contributed by atoms with Gasteiger partial charge in [-0.05, 0) is 15.9 Å². The zero-order valence-electron chi connectivity index (χ0n) is 10.5. The second-order valence-corrected chi connectivity index (χ2v) is 5.22. The average Bonchev–Trinajstić information content (AvgIpc) is 2.90. The van der Waals surface area contributed by atoms with Crippen LogP contribution in [0.15, 0.2) is 15.8 Å². The van der Waals surface area contributed by atoms with Crippen LogP contribution in [0.3, 0.4) is 0 Å². The van der Waals surface area contributed by atoms with Crippen molar-refractivity contribution in [2.45, 2.75) is 25.0 Å². The Morgan fingerprint density at radius 3 is 2.52 bits per heavy atom. The molecule has 1 N–H and O–H groups in total. The molecule has 0 spiro atoms. The number of carbonyl (C=O) groups is 1. The highest BCUT2D eigenvalue weighted by Gasteiger charge is 2.54. The number of aryl methyl sites for hydroxylation is 1. The quantitative estimate of drug-likeness (QED) is 0.819. The maximum Gasteiger partial charge on any atom is 0.298 e. The monoisotopic (exact) mass is 372 g/mol. The predicted octanol–water partition coefficient (Wildman–Crippen LogP) is 1.60. The van der Waals surface area contributed by atoms with E-state index in [4.69, 9.17) is 0 Å². The first kappa shape index (κ1) is 15.9. The number of alkyl halides is 4. The molecule has 1 aromatic rings. The number of rotatable bonds is 3. The van der Waals surface area contributed by atoms with Gasteiger partial charge in [0.05, 0.1) is 4.47 Å². The van der Waals surface area contributed by atoms with Gasteiger partial charge in [0.2, 0.25) is 5.72 Å². The molecular weight excluding hydrogens is 364 g/mol. The molecule has 2 rings (SSSR count). The number of nitrogens with zero attached hydrogens (tertiary/aromatic N) is 4. The largest absolute Gasteiger partial charge is 0.364 e. The Kier molecular flexibility index (Phi) is 4.06. The fourth-order valence-electron chi connectivity index (χ4n) is 1.81. The highest BCUT2D eigenvalue weighted by Crippen LogP contribution is 2.34. The third kappa shape index (κ3) is 2.67. The molecule has 6 nitrogen and oxygen atoms in total. The number of hydrazone groups is 1. The number of amides is 1. The van der Waals surface area contributed by atoms with E-state index in [0.717, 1.165) is 0 Å². The van der Waals surface area contributed by atoms with Gasteiger partial charge >= 0.3 is 0 Å². The van der Waals surface area contributed by atoms with Crippen LogP contribution in [-0.2, 0) is 7.05 Å². The van der Waals surface area contributed by atoms with E-state index in [1.807, 2.05) is 0 Å². The van der Waals surface area contributed by atoms with Crippen LogP contribution < -0.4 is 0 Å². The Morgan fingerprint density at radius 1 is 1.48 bits per heavy atom. The molecule has 21 heavy (non-hydrogen) atoms. The molecule has 0 aromatic carbocycles. The van der Waals surface area contributed by atoms with Gasteiger partial charge in [-0.25, -0.2) is 17.6 Å². The van der Waals surface area contributed by atoms with Crippen LogP contribution in [0.1, 0.15) is 16.9 Å². The molecule has 0 saturated carbocycles. The Balaban J connectivity index is 2.43. The van der Waals surface area contributed by atoms with Gasteiger partial charge in [-0.1, -0.05) is 0 Å². The lowest BCUT2D eigenvalue weighted by molar-refractivity contribution is -0.164. The van der Waals surface area contributed by atoms with Gasteiger partial charge in [-0.2, -0.15) is 15.2 Å². The molecule has 1 aliphatic rings. The Hall–Kier alpha value is -1.49. The van der Waals surface area contributed by atoms with Crippen molar-refractivity contribution in [3.8, 4) is 0 Å². The lowest BCUT2D eigenvalue weighted by atomic mass is 10.1. The topological polar surface area (TPSA) is 70.7 Å². The van der Waals surface area contributed by atoms with Gasteiger partial charge < -0.3 is 5.11 Å². The summed E-state index contributed by atoms with van der Waals surface area (Å²) in [6.45, 7) is 0. The van der Waals surface area contributed by atoms with Crippen LogP contribution in [0.25, 0.3) is 0 Å². The Labute approximate surface area is 124 Å². The minimum atomic E-state index is -3.47. The van der Waals surface area contributed by atoms with Crippen molar-refractivity contribution in [2.24, 2.45) is 12.1 Å². The van der Waals surface area contributed by atoms with Crippen LogP contribution in [-0.4, -0.2) is 50.1 Å². The molecule has 0 bridgehead atoms. The second-order valence-electron chi connectivity index (χ2n) is 4.36. The molecule has 0 unspecified atom stereocenters. The normalized spacial score (nSPS) is 22.3. The molecule has 0 fully saturated rings. The first-order chi connectivity index (χ1) is 9.66. The summed E-state index contributed by atoms with van der Waals surface area (Å²) >= 11 is 2.99. The first-order valence-corrected chi connectivity index (χ1v) is 6.36. The summed E-state index contributed by atoms with van der Waals surface area (Å²) in [6, 6.07) is 0. The maximum atomic E-state index is 13.0. The van der Waals surface area contributed by atoms with Crippen LogP contribution in [0.5, 0.6) is 0 Å². The van der Waals surface area contributed by atoms with E-state index in [1.165, 1.54) is 17.9 Å². The van der Waals surface area contributed by atoms with Gasteiger partial charge in [0.1, 0.15) is 5.71 Å². The van der Waals surface area contributed by atoms with E-state index in [2.05, 4.69) is 26.1 Å². The van der Waals surface area contributed by atoms with E-state index in [9.17, 15) is 27.5 Å². The predicted molar refractivity (Wildman–Crippen MR) is 66.1 cm³/mol. The lowest BCUT2D eigenvalue weighted by Crippen LogP contribution is -2.51. The van der Waals surface area contributed by atoms with Crippen molar-refractivity contribution in [1.29, 1.82) is 0 Å². The molecule has 0 saturated heterocycles. The summed E-state index contributed by atoms with van der Waals surface area (Å²) in [5, 5.41) is 16.7. The molecule has 116 valence electrons. The van der Waals surface area contributed by atoms with Crippen molar-refractivity contribution >= 4 is 27.5 Å². The lowest BCUT2D eigenvalue weighted by Gasteiger charge is -2.29. The van der Waals surface area contributed by atoms with E-state index >= 15 is 0 Å². The van der Waals surface area contributed by atoms with E-state index in [1.54, 1.807) is 0 Å². The summed E-state index contributed by atoms with van der Waals surface area (Å²) in [7, 11) is 1.47. The number of hydrogen-bond acceptors (Lipinski definition) is 4. The molecule has 1 amide bonds. The summed E-state index contributed by atoms with van der Waals surface area (Å²) < 4.78 is 52.6. The third-order valence-electron chi connectivity index (χ3n) is 2.82. The van der Waals surface area contributed by atoms with Crippen molar-refractivity contribution in [2.75, 3.05) is 0 Å². The molecule has 0 radical (unpaired) electrons. The van der Waals surface area contributed by atoms with Gasteiger partial charge in [0.15, 0.2) is 5.69 Å². The molecule has 2 heterocycles. The number of halogens is 5. The minimum absolute atomic E-state index is 0.0355. The highest BCUT2D eigenvalue weighted by atomic mass is 79.9. The van der Waals surface area contributed by atoms with Gasteiger partial charge in [0, 0.05) is 19.7 Å². The van der Waals surface area contributed by atoms with Crippen LogP contribution in [0.4, 0.5) is 17.6 Å². The van der Waals surface area contributed by atoms with Crippen LogP contribution in [0.2, 0.25) is 0 Å². The highest BCUT2D eigenvalue weighted by molar-refractivity contribution is 9.10. The molecule has 1 aliphatic heterocycles. The summed E-state index contributed by atoms with van der Waals surface area (Å²) in [4.78, 5) is 12.1. The number of aromatic nitrogens is 2. The van der Waals surface area contributed by atoms with Crippen molar-refractivity contribution in [1.82, 2.24) is 14.8 Å². The van der Waals surface area contributed by atoms with Gasteiger partial charge in [-0.15, -0.1) is 0 Å². The van der Waals surface area contributed by atoms with E-state index in [0.29, 0.717) is 0 Å². The van der Waals surface area contributed by atoms with Crippen LogP contribution >= 0.6 is 15.9 Å². The summed E-state index contributed by atoms with van der Waals surface area (Å²) in [6.07, 6.45) is -6.38. The standard InChI is InChI=1S/C10H9BrF4N4O2/c1-18-3-4(11)6(17-18)8(20)19-10(21,9(14)15)2-5(16-19)7(12)13/h3,7,9,21H,2H2,1H3/t10-/m0/s1. The average molecular weight is 373 g/mol. The molecule has 1 aromatic heterocycles. The number of hydrogen-bond donors (Lipinski definition) is 1. The summed E-state index contributed by atoms with van der Waals surface area (Å²) in [5.41, 5.74) is -4.42. The van der Waals surface area contributed by atoms with Crippen molar-refractivity contribution in [3.63, 3.8) is 0 Å². The first-order valence-electron chi connectivity index (χ1n) is 5.56. The van der Waals surface area contributed by atoms with Gasteiger partial charge in [0.25, 0.3) is 18.8 Å². The Morgan fingerprint density at radius 2 is 2.10 bits per heavy atom. The summed E-state index contributed by atoms with van der Waals surface area (Å²) in [5.74, 6) is -1.21. The van der Waals surface area contributed by atoms with Crippen molar-refractivity contribution < 1.29 is 27.5 Å². The molecule has 11 heteroatoms. The number of carbonyl (C=O) groups excluding carboxylic acids is 1. The third-order valence-corrected chi connectivity index (χ3v) is 3.40. The SMILES string of the molecule is Cn1cc(Br)c(C(=O)N2N=C(C(F)F)C[C@]2(O)C(F)F)n1. The zero-order valence-corrected chi connectivity index (χ0v) is 12.1. The second kappa shape index (κ2) is 5.37. The maximum absolute atomic E-state index is 13.0. The Bertz CT molecular complexity index is 606. The smallest absolute Gasteiger partial charge is 0.298 e. The number of aliphatic hydroxyl groups is 1. The molecule has 0 aliphatic carbocycles. The van der Waals surface area contributed by atoms with E-state index in [-0.39, 0.29) is 15.2 Å². The fourth-order valence-corrected chi connectivity index (χ4v) is 2.35. The fraction of sp³-hybridized carbons (Fsp3) is 0.500. The van der Waals surface area contributed by atoms with Gasteiger partial charge in [-0.3, -0.25) is 9.48 Å². The molecule has 1 atom stereocenters. The minimum Gasteiger partial charge on any atom is -0.364 e. The van der Waals surface area contributed by atoms with Crippen LogP contribution in [0, 0.1) is 0 Å². The van der Waals surface area contributed by atoms with E-state index < -0.39 is 36.6 Å². The molecular formula is C10H9BrF4N4O2. The zero-order chi connectivity index (χ0) is 15.9.